The van der Waals surface area contributed by atoms with Crippen molar-refractivity contribution >= 4 is 23.8 Å². The summed E-state index contributed by atoms with van der Waals surface area (Å²) in [5.41, 5.74) is -2.80. The van der Waals surface area contributed by atoms with Crippen LogP contribution in [0.25, 0.3) is 0 Å². The highest BCUT2D eigenvalue weighted by Crippen LogP contribution is 2.36. The van der Waals surface area contributed by atoms with Gasteiger partial charge in [-0.15, -0.1) is 0 Å². The Kier molecular flexibility index (Phi) is 9.61. The number of nitrogens with one attached hydrogen (secondary N) is 1. The van der Waals surface area contributed by atoms with E-state index in [-0.39, 0.29) is 49.7 Å². The molecule has 0 aromatic heterocycles. The number of hydrogen-bond acceptors (Lipinski definition) is 5. The van der Waals surface area contributed by atoms with E-state index in [0.717, 1.165) is 12.0 Å². The van der Waals surface area contributed by atoms with Crippen molar-refractivity contribution in [3.63, 3.8) is 0 Å². The summed E-state index contributed by atoms with van der Waals surface area (Å²) in [5.74, 6) is -0.585. The van der Waals surface area contributed by atoms with Crippen molar-refractivity contribution in [3.05, 3.63) is 70.8 Å². The summed E-state index contributed by atoms with van der Waals surface area (Å²) in [6, 6.07) is 9.15. The normalized spacial score (nSPS) is 22.3. The molecule has 1 N–H and O–H groups in total. The molecular formula is C31H33F6N4O5+. The molecule has 0 radical (unpaired) electrons. The molecule has 0 bridgehead atoms. The average Bonchev–Trinajstić information content (AvgIpc) is 3.40. The summed E-state index contributed by atoms with van der Waals surface area (Å²) in [5, 5.41) is 0. The van der Waals surface area contributed by atoms with Gasteiger partial charge in [-0.25, -0.2) is 9.59 Å². The van der Waals surface area contributed by atoms with Crippen LogP contribution >= 0.6 is 0 Å². The number of alkyl halides is 6. The number of rotatable bonds is 8. The molecule has 3 aliphatic rings. The first-order chi connectivity index (χ1) is 21.7. The van der Waals surface area contributed by atoms with Crippen LogP contribution in [0.4, 0.5) is 31.1 Å². The molecule has 46 heavy (non-hydrogen) atoms. The van der Waals surface area contributed by atoms with Gasteiger partial charge in [0.2, 0.25) is 11.8 Å². The minimum Gasteiger partial charge on any atom is -0.444 e. The van der Waals surface area contributed by atoms with Crippen LogP contribution in [0.2, 0.25) is 0 Å². The first-order valence-corrected chi connectivity index (χ1v) is 14.9. The van der Waals surface area contributed by atoms with Crippen molar-refractivity contribution in [2.24, 2.45) is 0 Å². The van der Waals surface area contributed by atoms with Crippen molar-refractivity contribution in [3.8, 4) is 0 Å². The molecule has 0 spiro atoms. The molecule has 2 aromatic carbocycles. The van der Waals surface area contributed by atoms with Gasteiger partial charge in [0, 0.05) is 32.4 Å². The van der Waals surface area contributed by atoms with Crippen LogP contribution in [-0.2, 0) is 44.5 Å². The summed E-state index contributed by atoms with van der Waals surface area (Å²) >= 11 is 0. The minimum atomic E-state index is -5.07. The van der Waals surface area contributed by atoms with E-state index in [2.05, 4.69) is 0 Å². The van der Waals surface area contributed by atoms with Crippen LogP contribution in [0.1, 0.15) is 47.9 Å². The summed E-state index contributed by atoms with van der Waals surface area (Å²) in [4.78, 5) is 56.7. The van der Waals surface area contributed by atoms with E-state index in [9.17, 15) is 45.5 Å². The smallest absolute Gasteiger partial charge is 0.416 e. The molecule has 0 aliphatic carbocycles. The van der Waals surface area contributed by atoms with Crippen LogP contribution in [0, 0.1) is 0 Å². The Balaban J connectivity index is 1.38. The Bertz CT molecular complexity index is 1440. The van der Waals surface area contributed by atoms with E-state index in [4.69, 9.17) is 4.74 Å². The van der Waals surface area contributed by atoms with E-state index < -0.39 is 54.0 Å². The zero-order chi connectivity index (χ0) is 33.2. The van der Waals surface area contributed by atoms with Gasteiger partial charge in [0.05, 0.1) is 23.7 Å². The molecule has 3 unspecified atom stereocenters. The Hall–Kier alpha value is -4.14. The molecule has 15 heteroatoms. The molecule has 3 heterocycles. The largest absolute Gasteiger partial charge is 0.444 e. The number of hydrogen-bond donors (Lipinski definition) is 1. The van der Waals surface area contributed by atoms with E-state index in [1.807, 2.05) is 0 Å². The first kappa shape index (κ1) is 33.2. The number of fused-ring (bicyclic) bond motifs is 1. The fraction of sp³-hybridized carbons (Fsp3) is 0.484. The summed E-state index contributed by atoms with van der Waals surface area (Å²) in [6.07, 6.45) is -10.3. The van der Waals surface area contributed by atoms with Crippen LogP contribution < -0.4 is 4.90 Å². The number of amides is 4. The van der Waals surface area contributed by atoms with Crippen molar-refractivity contribution in [1.29, 1.82) is 0 Å². The van der Waals surface area contributed by atoms with Gasteiger partial charge in [-0.05, 0) is 42.2 Å². The second-order valence-corrected chi connectivity index (χ2v) is 11.7. The van der Waals surface area contributed by atoms with Gasteiger partial charge in [-0.1, -0.05) is 30.3 Å². The Morgan fingerprint density at radius 2 is 1.59 bits per heavy atom. The fourth-order valence-electron chi connectivity index (χ4n) is 6.29. The molecular weight excluding hydrogens is 622 g/mol. The van der Waals surface area contributed by atoms with Gasteiger partial charge < -0.3 is 14.5 Å². The van der Waals surface area contributed by atoms with Gasteiger partial charge in [0.15, 0.2) is 6.17 Å². The lowest BCUT2D eigenvalue weighted by Crippen LogP contribution is -3.19. The highest BCUT2D eigenvalue weighted by molar-refractivity contribution is 5.85. The first-order valence-electron chi connectivity index (χ1n) is 14.9. The predicted octanol–water partition coefficient (Wildman–Crippen LogP) is 3.27. The van der Waals surface area contributed by atoms with Crippen molar-refractivity contribution in [2.75, 3.05) is 32.7 Å². The summed E-state index contributed by atoms with van der Waals surface area (Å²) < 4.78 is 85.8. The molecule has 9 nitrogen and oxygen atoms in total. The fourth-order valence-corrected chi connectivity index (χ4v) is 6.29. The van der Waals surface area contributed by atoms with Crippen LogP contribution in [-0.4, -0.2) is 83.4 Å². The zero-order valence-corrected chi connectivity index (χ0v) is 24.7. The van der Waals surface area contributed by atoms with Crippen molar-refractivity contribution in [1.82, 2.24) is 14.7 Å². The second-order valence-electron chi connectivity index (χ2n) is 11.7. The molecule has 4 amide bonds. The zero-order valence-electron chi connectivity index (χ0n) is 24.7. The van der Waals surface area contributed by atoms with E-state index in [1.165, 1.54) is 9.80 Å². The monoisotopic (exact) mass is 655 g/mol. The highest BCUT2D eigenvalue weighted by atomic mass is 19.4. The van der Waals surface area contributed by atoms with Gasteiger partial charge >= 0.3 is 24.4 Å². The average molecular weight is 656 g/mol. The maximum atomic E-state index is 13.7. The predicted molar refractivity (Wildman–Crippen MR) is 149 cm³/mol. The lowest BCUT2D eigenvalue weighted by molar-refractivity contribution is -0.829. The number of ether oxygens (including phenoxy) is 1. The molecule has 0 saturated carbocycles. The molecule has 3 atom stereocenters. The third kappa shape index (κ3) is 7.62. The molecule has 2 aromatic rings. The summed E-state index contributed by atoms with van der Waals surface area (Å²) in [6.45, 7) is 0.261. The SMILES string of the molecule is O=C1CCCN1CCC[NH+]1CC2N(CC1=O)C(=O)CC(Cc1ccccc1)N2C(=O)OCc1cc(C(F)(F)F)cc(C(F)(F)F)c1. The Morgan fingerprint density at radius 1 is 0.913 bits per heavy atom. The van der Waals surface area contributed by atoms with Crippen LogP contribution in [0.3, 0.4) is 0 Å². The van der Waals surface area contributed by atoms with Crippen LogP contribution in [0.15, 0.2) is 48.5 Å². The molecule has 248 valence electrons. The third-order valence-corrected chi connectivity index (χ3v) is 8.55. The number of quaternary nitrogens is 1. The number of piperazine rings is 1. The quantitative estimate of drug-likeness (QED) is 0.442. The Morgan fingerprint density at radius 3 is 2.20 bits per heavy atom. The standard InChI is InChI=1S/C31H32F6N4O5/c32-30(33,34)22-12-21(13-23(15-22)31(35,36)37)19-46-29(45)41-24(14-20-6-2-1-3-7-20)16-27(43)40-18-28(44)39(17-25(40)41)11-5-10-38-9-4-8-26(38)42/h1-3,6-7,12-13,15,24-25H,4-5,8-11,14,16-19H2/p+1. The second kappa shape index (κ2) is 13.3. The number of halogens is 6. The number of carbonyl (C=O) groups excluding carboxylic acids is 4. The minimum absolute atomic E-state index is 0.000685. The van der Waals surface area contributed by atoms with E-state index >= 15 is 0 Å². The van der Waals surface area contributed by atoms with Crippen LogP contribution in [0.5, 0.6) is 0 Å². The molecule has 5 rings (SSSR count). The lowest BCUT2D eigenvalue weighted by atomic mass is 9.96. The third-order valence-electron chi connectivity index (χ3n) is 8.55. The highest BCUT2D eigenvalue weighted by Gasteiger charge is 2.50. The van der Waals surface area contributed by atoms with Gasteiger partial charge in [-0.2, -0.15) is 26.3 Å². The van der Waals surface area contributed by atoms with Gasteiger partial charge in [0.25, 0.3) is 0 Å². The number of likely N-dealkylation sites (tertiary alicyclic amines) is 1. The number of carbonyl (C=O) groups is 4. The van der Waals surface area contributed by atoms with E-state index in [0.29, 0.717) is 49.5 Å². The van der Waals surface area contributed by atoms with Crippen molar-refractivity contribution in [2.45, 2.75) is 63.3 Å². The molecule has 3 fully saturated rings. The number of nitrogens with zero attached hydrogens (tertiary/aromatic N) is 3. The van der Waals surface area contributed by atoms with Gasteiger partial charge in [-0.3, -0.25) is 19.4 Å². The Labute approximate surface area is 260 Å². The summed E-state index contributed by atoms with van der Waals surface area (Å²) in [7, 11) is 0. The lowest BCUT2D eigenvalue weighted by Gasteiger charge is -2.49. The topological polar surface area (TPSA) is 91.7 Å². The number of benzene rings is 2. The van der Waals surface area contributed by atoms with E-state index in [1.54, 1.807) is 35.2 Å². The maximum absolute atomic E-state index is 13.7. The molecule has 3 aliphatic heterocycles. The maximum Gasteiger partial charge on any atom is 0.416 e. The van der Waals surface area contributed by atoms with Gasteiger partial charge in [0.1, 0.15) is 19.7 Å². The van der Waals surface area contributed by atoms with Crippen molar-refractivity contribution < 1.29 is 55.2 Å². The molecule has 3 saturated heterocycles.